The van der Waals surface area contributed by atoms with Crippen molar-refractivity contribution in [2.45, 2.75) is 58.3 Å². The van der Waals surface area contributed by atoms with Crippen LogP contribution in [-0.4, -0.2) is 36.2 Å². The van der Waals surface area contributed by atoms with E-state index >= 15 is 0 Å². The maximum absolute atomic E-state index is 11.8. The van der Waals surface area contributed by atoms with E-state index in [1.54, 1.807) is 6.92 Å². The molecule has 0 aliphatic rings. The van der Waals surface area contributed by atoms with Gasteiger partial charge in [-0.3, -0.25) is 9.59 Å². The third kappa shape index (κ3) is 10.4. The van der Waals surface area contributed by atoms with Crippen LogP contribution in [0.15, 0.2) is 37.5 Å². The molecule has 6 nitrogen and oxygen atoms in total. The first-order chi connectivity index (χ1) is 11.3. The number of unbranched alkanes of at least 4 members (excludes halogenated alkanes) is 1. The molecule has 6 heteroatoms. The van der Waals surface area contributed by atoms with E-state index in [0.29, 0.717) is 0 Å². The molecule has 0 heterocycles. The summed E-state index contributed by atoms with van der Waals surface area (Å²) >= 11 is 0. The van der Waals surface area contributed by atoms with Gasteiger partial charge in [0.1, 0.15) is 0 Å². The quantitative estimate of drug-likeness (QED) is 0.189. The highest BCUT2D eigenvalue weighted by atomic mass is 16.6. The third-order valence-corrected chi connectivity index (χ3v) is 2.92. The van der Waals surface area contributed by atoms with Crippen LogP contribution < -0.4 is 0 Å². The van der Waals surface area contributed by atoms with Crippen LogP contribution in [0.4, 0.5) is 0 Å². The van der Waals surface area contributed by atoms with E-state index in [9.17, 15) is 14.4 Å². The van der Waals surface area contributed by atoms with E-state index in [-0.39, 0.29) is 6.10 Å². The summed E-state index contributed by atoms with van der Waals surface area (Å²) in [5.41, 5.74) is 0. The molecule has 0 rings (SSSR count). The van der Waals surface area contributed by atoms with Crippen LogP contribution in [-0.2, 0) is 28.6 Å². The number of rotatable bonds is 11. The Morgan fingerprint density at radius 3 is 2.08 bits per heavy atom. The second-order valence-corrected chi connectivity index (χ2v) is 5.21. The molecule has 0 spiro atoms. The van der Waals surface area contributed by atoms with E-state index in [0.717, 1.165) is 25.3 Å². The normalized spacial score (nSPS) is 14.3. The fourth-order valence-corrected chi connectivity index (χ4v) is 1.87. The minimum absolute atomic E-state index is 0.238. The fraction of sp³-hybridized carbons (Fsp3) is 0.500. The fourth-order valence-electron chi connectivity index (χ4n) is 1.87. The second kappa shape index (κ2) is 12.1. The van der Waals surface area contributed by atoms with E-state index < -0.39 is 30.1 Å². The first kappa shape index (κ1) is 21.6. The van der Waals surface area contributed by atoms with E-state index in [1.165, 1.54) is 26.0 Å². The molecular weight excluding hydrogens is 312 g/mol. The van der Waals surface area contributed by atoms with Gasteiger partial charge in [0.2, 0.25) is 0 Å². The lowest BCUT2D eigenvalue weighted by atomic mass is 10.1. The van der Waals surface area contributed by atoms with Gasteiger partial charge in [-0.05, 0) is 38.3 Å². The van der Waals surface area contributed by atoms with E-state index in [2.05, 4.69) is 13.2 Å². The molecule has 0 N–H and O–H groups in total. The van der Waals surface area contributed by atoms with Gasteiger partial charge in [-0.15, -0.1) is 6.58 Å². The van der Waals surface area contributed by atoms with Crippen molar-refractivity contribution in [1.82, 2.24) is 0 Å². The van der Waals surface area contributed by atoms with Gasteiger partial charge in [-0.25, -0.2) is 4.79 Å². The number of allylic oxidation sites excluding steroid dienone is 1. The van der Waals surface area contributed by atoms with E-state index in [4.69, 9.17) is 14.2 Å². The summed E-state index contributed by atoms with van der Waals surface area (Å²) < 4.78 is 15.3. The monoisotopic (exact) mass is 338 g/mol. The zero-order valence-corrected chi connectivity index (χ0v) is 14.5. The molecule has 0 aromatic heterocycles. The average molecular weight is 338 g/mol. The van der Waals surface area contributed by atoms with Gasteiger partial charge in [0.25, 0.3) is 0 Å². The van der Waals surface area contributed by atoms with Gasteiger partial charge < -0.3 is 14.2 Å². The lowest BCUT2D eigenvalue weighted by Gasteiger charge is -2.21. The molecule has 0 aliphatic heterocycles. The minimum Gasteiger partial charge on any atom is -0.460 e. The summed E-state index contributed by atoms with van der Waals surface area (Å²) in [6.45, 7) is 11.4. The molecule has 24 heavy (non-hydrogen) atoms. The Balaban J connectivity index is 4.74. The summed E-state index contributed by atoms with van der Waals surface area (Å²) in [6, 6.07) is 0. The van der Waals surface area contributed by atoms with E-state index in [1.807, 2.05) is 6.08 Å². The number of carbonyl (C=O) groups excluding carboxylic acids is 3. The third-order valence-electron chi connectivity index (χ3n) is 2.92. The summed E-state index contributed by atoms with van der Waals surface area (Å²) in [7, 11) is 0. The summed E-state index contributed by atoms with van der Waals surface area (Å²) in [6.07, 6.45) is 5.98. The molecule has 0 radical (unpaired) electrons. The van der Waals surface area contributed by atoms with Crippen molar-refractivity contribution >= 4 is 17.9 Å². The van der Waals surface area contributed by atoms with Gasteiger partial charge in [0.15, 0.2) is 12.2 Å². The largest absolute Gasteiger partial charge is 0.460 e. The molecular formula is C18H26O6. The molecule has 0 bridgehead atoms. The molecule has 0 saturated heterocycles. The van der Waals surface area contributed by atoms with Crippen molar-refractivity contribution in [3.63, 3.8) is 0 Å². The van der Waals surface area contributed by atoms with Gasteiger partial charge in [0.05, 0.1) is 6.10 Å². The van der Waals surface area contributed by atoms with Crippen molar-refractivity contribution in [3.05, 3.63) is 37.5 Å². The number of carbonyl (C=O) groups is 3. The molecule has 0 saturated carbocycles. The van der Waals surface area contributed by atoms with Crippen molar-refractivity contribution in [2.75, 3.05) is 0 Å². The van der Waals surface area contributed by atoms with Crippen LogP contribution in [0.2, 0.25) is 0 Å². The number of hydrogen-bond donors (Lipinski definition) is 0. The Labute approximate surface area is 143 Å². The molecule has 3 atom stereocenters. The zero-order chi connectivity index (χ0) is 18.5. The van der Waals surface area contributed by atoms with Gasteiger partial charge in [-0.2, -0.15) is 0 Å². The SMILES string of the molecule is C=CCCC[C@@H](C)OC(=O)/C=C/[C@@H](OC(C)=O)[C@H](C=C)OC(C)=O. The van der Waals surface area contributed by atoms with Crippen LogP contribution in [0, 0.1) is 0 Å². The summed E-state index contributed by atoms with van der Waals surface area (Å²) in [5.74, 6) is -1.69. The average Bonchev–Trinajstić information content (AvgIpc) is 2.48. The van der Waals surface area contributed by atoms with Crippen LogP contribution in [0.3, 0.4) is 0 Å². The molecule has 0 unspecified atom stereocenters. The maximum atomic E-state index is 11.8. The minimum atomic E-state index is -0.951. The van der Waals surface area contributed by atoms with Crippen molar-refractivity contribution in [1.29, 1.82) is 0 Å². The lowest BCUT2D eigenvalue weighted by Crippen LogP contribution is -2.31. The Kier molecular flexibility index (Phi) is 10.9. The van der Waals surface area contributed by atoms with Crippen LogP contribution in [0.25, 0.3) is 0 Å². The zero-order valence-electron chi connectivity index (χ0n) is 14.5. The summed E-state index contributed by atoms with van der Waals surface area (Å²) in [5, 5.41) is 0. The second-order valence-electron chi connectivity index (χ2n) is 5.21. The molecule has 0 aliphatic carbocycles. The first-order valence-electron chi connectivity index (χ1n) is 7.76. The predicted molar refractivity (Wildman–Crippen MR) is 90.0 cm³/mol. The highest BCUT2D eigenvalue weighted by molar-refractivity contribution is 5.82. The van der Waals surface area contributed by atoms with Crippen LogP contribution in [0.5, 0.6) is 0 Å². The lowest BCUT2D eigenvalue weighted by molar-refractivity contribution is -0.158. The van der Waals surface area contributed by atoms with Gasteiger partial charge in [0, 0.05) is 19.9 Å². The highest BCUT2D eigenvalue weighted by Gasteiger charge is 2.22. The van der Waals surface area contributed by atoms with Crippen molar-refractivity contribution in [3.8, 4) is 0 Å². The van der Waals surface area contributed by atoms with Gasteiger partial charge >= 0.3 is 17.9 Å². The Hall–Kier alpha value is -2.37. The molecule has 134 valence electrons. The number of hydrogen-bond acceptors (Lipinski definition) is 6. The van der Waals surface area contributed by atoms with Crippen LogP contribution in [0.1, 0.15) is 40.0 Å². The molecule has 0 fully saturated rings. The smallest absolute Gasteiger partial charge is 0.330 e. The molecule has 0 amide bonds. The number of ether oxygens (including phenoxy) is 3. The Morgan fingerprint density at radius 2 is 1.58 bits per heavy atom. The first-order valence-corrected chi connectivity index (χ1v) is 7.76. The predicted octanol–water partition coefficient (Wildman–Crippen LogP) is 2.88. The maximum Gasteiger partial charge on any atom is 0.330 e. The summed E-state index contributed by atoms with van der Waals surface area (Å²) in [4.78, 5) is 34.1. The molecule has 0 aromatic carbocycles. The molecule has 0 aromatic rings. The van der Waals surface area contributed by atoms with Crippen molar-refractivity contribution in [2.24, 2.45) is 0 Å². The van der Waals surface area contributed by atoms with Gasteiger partial charge in [-0.1, -0.05) is 12.7 Å². The highest BCUT2D eigenvalue weighted by Crippen LogP contribution is 2.10. The Morgan fingerprint density at radius 1 is 1.00 bits per heavy atom. The van der Waals surface area contributed by atoms with Crippen LogP contribution >= 0.6 is 0 Å². The Bertz CT molecular complexity index is 480. The van der Waals surface area contributed by atoms with Crippen molar-refractivity contribution < 1.29 is 28.6 Å². The number of esters is 3. The topological polar surface area (TPSA) is 78.9 Å². The standard InChI is InChI=1S/C18H26O6/c1-6-8-9-10-13(3)22-18(21)12-11-17(24-15(5)20)16(7-2)23-14(4)19/h6-7,11-13,16-17H,1-2,8-10H2,3-5H3/b12-11+/t13-,16+,17-/m1/s1.